The normalized spacial score (nSPS) is 17.1. The van der Waals surface area contributed by atoms with Gasteiger partial charge in [-0.1, -0.05) is 26.3 Å². The third kappa shape index (κ3) is 3.67. The Labute approximate surface area is 109 Å². The van der Waals surface area contributed by atoms with E-state index in [1.54, 1.807) is 6.92 Å². The van der Waals surface area contributed by atoms with E-state index in [-0.39, 0.29) is 11.5 Å². The summed E-state index contributed by atoms with van der Waals surface area (Å²) in [5.74, 6) is -1.22. The minimum atomic E-state index is -4.60. The second-order valence-electron chi connectivity index (χ2n) is 4.64. The van der Waals surface area contributed by atoms with Crippen LogP contribution >= 0.6 is 0 Å². The third-order valence-corrected chi connectivity index (χ3v) is 3.28. The van der Waals surface area contributed by atoms with Gasteiger partial charge < -0.3 is 10.8 Å². The van der Waals surface area contributed by atoms with E-state index in [4.69, 9.17) is 5.73 Å². The zero-order chi connectivity index (χ0) is 14.8. The van der Waals surface area contributed by atoms with E-state index in [2.05, 4.69) is 0 Å². The van der Waals surface area contributed by atoms with Crippen LogP contribution in [0.3, 0.4) is 0 Å². The Balaban J connectivity index is 3.03. The predicted molar refractivity (Wildman–Crippen MR) is 63.8 cm³/mol. The molecule has 0 fully saturated rings. The largest absolute Gasteiger partial charge is 0.416 e. The van der Waals surface area contributed by atoms with Gasteiger partial charge in [0.1, 0.15) is 5.82 Å². The van der Waals surface area contributed by atoms with Gasteiger partial charge in [-0.3, -0.25) is 0 Å². The van der Waals surface area contributed by atoms with Gasteiger partial charge >= 0.3 is 6.18 Å². The first-order chi connectivity index (χ1) is 8.68. The molecule has 108 valence electrons. The van der Waals surface area contributed by atoms with Crippen molar-refractivity contribution >= 4 is 0 Å². The summed E-state index contributed by atoms with van der Waals surface area (Å²) < 4.78 is 50.9. The van der Waals surface area contributed by atoms with Gasteiger partial charge in [-0.05, 0) is 18.1 Å². The molecule has 0 saturated carbocycles. The van der Waals surface area contributed by atoms with Crippen molar-refractivity contribution in [3.63, 3.8) is 0 Å². The van der Waals surface area contributed by atoms with E-state index >= 15 is 0 Å². The summed E-state index contributed by atoms with van der Waals surface area (Å²) in [5, 5.41) is 9.88. The fraction of sp³-hybridized carbons (Fsp3) is 0.538. The number of nitrogens with two attached hydrogens (primary N) is 1. The highest BCUT2D eigenvalue weighted by molar-refractivity contribution is 5.29. The number of aliphatic hydroxyl groups excluding tert-OH is 1. The van der Waals surface area contributed by atoms with Gasteiger partial charge in [0.2, 0.25) is 0 Å². The summed E-state index contributed by atoms with van der Waals surface area (Å²) in [6.07, 6.45) is -4.97. The molecule has 0 amide bonds. The molecule has 1 aromatic rings. The number of benzene rings is 1. The van der Waals surface area contributed by atoms with Gasteiger partial charge in [0.25, 0.3) is 0 Å². The van der Waals surface area contributed by atoms with Crippen molar-refractivity contribution < 1.29 is 22.7 Å². The Hall–Kier alpha value is -1.14. The molecule has 1 rings (SSSR count). The molecule has 1 aromatic carbocycles. The van der Waals surface area contributed by atoms with E-state index in [0.717, 1.165) is 12.1 Å². The number of alkyl halides is 3. The van der Waals surface area contributed by atoms with Crippen LogP contribution in [0.5, 0.6) is 0 Å². The SMILES string of the molecule is CCC(C)[C@H](O)[C@H](N)c1ccc(C(F)(F)F)cc1F. The van der Waals surface area contributed by atoms with Crippen molar-refractivity contribution in [2.45, 2.75) is 38.6 Å². The molecule has 6 heteroatoms. The van der Waals surface area contributed by atoms with E-state index in [1.165, 1.54) is 0 Å². The summed E-state index contributed by atoms with van der Waals surface area (Å²) in [5.41, 5.74) is 4.52. The van der Waals surface area contributed by atoms with E-state index < -0.39 is 29.7 Å². The number of halogens is 4. The molecule has 2 nitrogen and oxygen atoms in total. The zero-order valence-electron chi connectivity index (χ0n) is 10.7. The average Bonchev–Trinajstić information content (AvgIpc) is 2.34. The molecule has 0 aliphatic carbocycles. The van der Waals surface area contributed by atoms with E-state index in [1.807, 2.05) is 6.92 Å². The topological polar surface area (TPSA) is 46.2 Å². The fourth-order valence-corrected chi connectivity index (χ4v) is 1.75. The summed E-state index contributed by atoms with van der Waals surface area (Å²) in [7, 11) is 0. The molecule has 1 unspecified atom stereocenters. The van der Waals surface area contributed by atoms with Gasteiger partial charge in [0, 0.05) is 5.56 Å². The summed E-state index contributed by atoms with van der Waals surface area (Å²) in [6.45, 7) is 3.58. The Morgan fingerprint density at radius 3 is 2.32 bits per heavy atom. The molecule has 0 aliphatic rings. The van der Waals surface area contributed by atoms with Crippen LogP contribution in [0.15, 0.2) is 18.2 Å². The standard InChI is InChI=1S/C13H17F4NO/c1-3-7(2)12(19)11(18)9-5-4-8(6-10(9)14)13(15,16)17/h4-7,11-12,19H,3,18H2,1-2H3/t7?,11-,12+/m1/s1. The van der Waals surface area contributed by atoms with Crippen molar-refractivity contribution in [2.24, 2.45) is 11.7 Å². The maximum atomic E-state index is 13.7. The number of rotatable bonds is 4. The number of hydrogen-bond acceptors (Lipinski definition) is 2. The monoisotopic (exact) mass is 279 g/mol. The average molecular weight is 279 g/mol. The van der Waals surface area contributed by atoms with Crippen LogP contribution in [0.2, 0.25) is 0 Å². The molecule has 0 saturated heterocycles. The van der Waals surface area contributed by atoms with Gasteiger partial charge in [-0.15, -0.1) is 0 Å². The molecule has 3 atom stereocenters. The maximum Gasteiger partial charge on any atom is 0.416 e. The molecule has 0 aromatic heterocycles. The Kier molecular flexibility index (Phi) is 4.92. The Morgan fingerprint density at radius 1 is 1.32 bits per heavy atom. The van der Waals surface area contributed by atoms with Gasteiger partial charge in [-0.25, -0.2) is 4.39 Å². The molecule has 19 heavy (non-hydrogen) atoms. The Morgan fingerprint density at radius 2 is 1.89 bits per heavy atom. The number of hydrogen-bond donors (Lipinski definition) is 2. The van der Waals surface area contributed by atoms with Crippen molar-refractivity contribution in [1.29, 1.82) is 0 Å². The highest BCUT2D eigenvalue weighted by Gasteiger charge is 2.32. The lowest BCUT2D eigenvalue weighted by molar-refractivity contribution is -0.137. The molecule has 3 N–H and O–H groups in total. The first-order valence-electron chi connectivity index (χ1n) is 5.98. The van der Waals surface area contributed by atoms with Crippen molar-refractivity contribution in [2.75, 3.05) is 0 Å². The molecule has 0 aliphatic heterocycles. The van der Waals surface area contributed by atoms with Crippen LogP contribution in [-0.2, 0) is 6.18 Å². The van der Waals surface area contributed by atoms with Crippen LogP contribution in [0.25, 0.3) is 0 Å². The van der Waals surface area contributed by atoms with Crippen molar-refractivity contribution in [1.82, 2.24) is 0 Å². The zero-order valence-corrected chi connectivity index (χ0v) is 10.7. The minimum Gasteiger partial charge on any atom is -0.391 e. The van der Waals surface area contributed by atoms with Crippen molar-refractivity contribution in [3.8, 4) is 0 Å². The lowest BCUT2D eigenvalue weighted by Gasteiger charge is -2.24. The van der Waals surface area contributed by atoms with Crippen molar-refractivity contribution in [3.05, 3.63) is 35.1 Å². The van der Waals surface area contributed by atoms with E-state index in [9.17, 15) is 22.7 Å². The maximum absolute atomic E-state index is 13.7. The molecule has 0 radical (unpaired) electrons. The predicted octanol–water partition coefficient (Wildman–Crippen LogP) is 3.25. The highest BCUT2D eigenvalue weighted by Crippen LogP contribution is 2.32. The number of aliphatic hydroxyl groups is 1. The highest BCUT2D eigenvalue weighted by atomic mass is 19.4. The van der Waals surface area contributed by atoms with Crippen LogP contribution < -0.4 is 5.73 Å². The lowest BCUT2D eigenvalue weighted by Crippen LogP contribution is -2.32. The van der Waals surface area contributed by atoms with Gasteiger partial charge in [0.15, 0.2) is 0 Å². The summed E-state index contributed by atoms with van der Waals surface area (Å²) in [6, 6.07) is 1.10. The van der Waals surface area contributed by atoms with Crippen LogP contribution in [0.4, 0.5) is 17.6 Å². The summed E-state index contributed by atoms with van der Waals surface area (Å²) >= 11 is 0. The van der Waals surface area contributed by atoms with Crippen LogP contribution in [0.1, 0.15) is 37.4 Å². The lowest BCUT2D eigenvalue weighted by atomic mass is 9.91. The summed E-state index contributed by atoms with van der Waals surface area (Å²) in [4.78, 5) is 0. The molecular formula is C13H17F4NO. The third-order valence-electron chi connectivity index (χ3n) is 3.28. The first-order valence-corrected chi connectivity index (χ1v) is 5.98. The quantitative estimate of drug-likeness (QED) is 0.831. The molecule has 0 heterocycles. The molecule has 0 spiro atoms. The second-order valence-corrected chi connectivity index (χ2v) is 4.64. The first kappa shape index (κ1) is 15.9. The van der Waals surface area contributed by atoms with Crippen LogP contribution in [0, 0.1) is 11.7 Å². The van der Waals surface area contributed by atoms with E-state index in [0.29, 0.717) is 12.5 Å². The van der Waals surface area contributed by atoms with Crippen LogP contribution in [-0.4, -0.2) is 11.2 Å². The molecule has 0 bridgehead atoms. The Bertz CT molecular complexity index is 433. The smallest absolute Gasteiger partial charge is 0.391 e. The molecular weight excluding hydrogens is 262 g/mol. The van der Waals surface area contributed by atoms with Gasteiger partial charge in [-0.2, -0.15) is 13.2 Å². The fourth-order valence-electron chi connectivity index (χ4n) is 1.75. The van der Waals surface area contributed by atoms with Gasteiger partial charge in [0.05, 0.1) is 17.7 Å². The second kappa shape index (κ2) is 5.88. The minimum absolute atomic E-state index is 0.110.